The van der Waals surface area contributed by atoms with Gasteiger partial charge in [-0.1, -0.05) is 36.4 Å². The summed E-state index contributed by atoms with van der Waals surface area (Å²) in [7, 11) is 0. The van der Waals surface area contributed by atoms with Gasteiger partial charge < -0.3 is 20.8 Å². The summed E-state index contributed by atoms with van der Waals surface area (Å²) in [5, 5.41) is 28.3. The fourth-order valence-electron chi connectivity index (χ4n) is 4.33. The number of carbonyl (C=O) groups is 3. The van der Waals surface area contributed by atoms with Crippen LogP contribution in [0, 0.1) is 0 Å². The number of carbonyl (C=O) groups excluding carboxylic acids is 1. The Morgan fingerprint density at radius 3 is 2.00 bits per heavy atom. The molecule has 252 valence electrons. The summed E-state index contributed by atoms with van der Waals surface area (Å²) in [6.07, 6.45) is -10.2. The van der Waals surface area contributed by atoms with Gasteiger partial charge in [-0.05, 0) is 69.8 Å². The number of aliphatic carboxylic acids is 2. The van der Waals surface area contributed by atoms with Gasteiger partial charge in [-0.3, -0.25) is 9.69 Å². The largest absolute Gasteiger partial charge is 0.490 e. The monoisotopic (exact) mass is 669 g/mol. The van der Waals surface area contributed by atoms with Crippen LogP contribution >= 0.6 is 0 Å². The van der Waals surface area contributed by atoms with Gasteiger partial charge in [0.25, 0.3) is 5.91 Å². The van der Waals surface area contributed by atoms with Gasteiger partial charge in [0.2, 0.25) is 0 Å². The first-order valence-electron chi connectivity index (χ1n) is 13.8. The molecule has 0 radical (unpaired) electrons. The van der Waals surface area contributed by atoms with E-state index in [9.17, 15) is 31.1 Å². The maximum atomic E-state index is 12.6. The molecule has 0 spiro atoms. The molecule has 11 nitrogen and oxygen atoms in total. The summed E-state index contributed by atoms with van der Waals surface area (Å²) >= 11 is 0. The summed E-state index contributed by atoms with van der Waals surface area (Å²) in [6, 6.07) is 22.7. The quantitative estimate of drug-likeness (QED) is 0.209. The minimum Gasteiger partial charge on any atom is -0.475 e. The zero-order valence-electron chi connectivity index (χ0n) is 24.6. The Balaban J connectivity index is 0.000000360. The number of benzene rings is 3. The maximum absolute atomic E-state index is 12.6. The van der Waals surface area contributed by atoms with Crippen LogP contribution in [0.25, 0.3) is 22.2 Å². The average molecular weight is 670 g/mol. The normalized spacial score (nSPS) is 15.1. The Morgan fingerprint density at radius 1 is 0.872 bits per heavy atom. The van der Waals surface area contributed by atoms with Crippen molar-refractivity contribution in [2.24, 2.45) is 0 Å². The van der Waals surface area contributed by atoms with Crippen molar-refractivity contribution in [2.75, 3.05) is 19.6 Å². The van der Waals surface area contributed by atoms with E-state index < -0.39 is 24.3 Å². The number of nitrogens with one attached hydrogen (secondary N) is 2. The second kappa shape index (κ2) is 16.0. The van der Waals surface area contributed by atoms with E-state index in [-0.39, 0.29) is 5.91 Å². The van der Waals surface area contributed by atoms with Crippen molar-refractivity contribution >= 4 is 28.9 Å². The molecule has 1 aliphatic heterocycles. The predicted octanol–water partition coefficient (Wildman–Crippen LogP) is 4.88. The molecule has 0 aliphatic carbocycles. The lowest BCUT2D eigenvalue weighted by Crippen LogP contribution is -2.48. The van der Waals surface area contributed by atoms with Gasteiger partial charge >= 0.3 is 24.3 Å². The zero-order chi connectivity index (χ0) is 34.8. The van der Waals surface area contributed by atoms with Crippen molar-refractivity contribution < 1.29 is 55.6 Å². The number of fused-ring (bicyclic) bond motifs is 1. The number of hydrogen-bond donors (Lipinski definition) is 4. The predicted molar refractivity (Wildman–Crippen MR) is 155 cm³/mol. The molecular weight excluding hydrogens is 640 g/mol. The van der Waals surface area contributed by atoms with Crippen LogP contribution in [-0.4, -0.2) is 81.3 Å². The number of piperazine rings is 1. The average Bonchev–Trinajstić information content (AvgIpc) is 3.48. The molecule has 0 bridgehead atoms. The van der Waals surface area contributed by atoms with Crippen molar-refractivity contribution in [3.8, 4) is 11.1 Å². The van der Waals surface area contributed by atoms with E-state index in [2.05, 4.69) is 69.2 Å². The molecule has 0 saturated carbocycles. The van der Waals surface area contributed by atoms with Gasteiger partial charge in [0.15, 0.2) is 0 Å². The topological polar surface area (TPSA) is 158 Å². The van der Waals surface area contributed by atoms with E-state index in [0.717, 1.165) is 37.3 Å². The molecule has 4 aromatic rings. The van der Waals surface area contributed by atoms with Gasteiger partial charge in [-0.15, -0.1) is 0 Å². The number of alkyl halides is 6. The molecule has 47 heavy (non-hydrogen) atoms. The third-order valence-corrected chi connectivity index (χ3v) is 6.50. The molecule has 1 saturated heterocycles. The Kier molecular flexibility index (Phi) is 12.4. The van der Waals surface area contributed by atoms with E-state index in [1.807, 2.05) is 12.1 Å². The van der Waals surface area contributed by atoms with E-state index in [1.54, 1.807) is 18.2 Å². The first kappa shape index (κ1) is 36.4. The van der Waals surface area contributed by atoms with Gasteiger partial charge in [-0.25, -0.2) is 14.2 Å². The number of aromatic nitrogens is 2. The summed E-state index contributed by atoms with van der Waals surface area (Å²) in [5.41, 5.74) is 6.43. The van der Waals surface area contributed by atoms with Gasteiger partial charge in [-0.2, -0.15) is 26.3 Å². The molecule has 4 N–H and O–H groups in total. The second-order valence-electron chi connectivity index (χ2n) is 10.2. The van der Waals surface area contributed by atoms with Gasteiger partial charge in [0.1, 0.15) is 11.0 Å². The fourth-order valence-corrected chi connectivity index (χ4v) is 4.33. The number of carboxylic acid groups (broad SMARTS) is 2. The van der Waals surface area contributed by atoms with Crippen molar-refractivity contribution in [1.29, 1.82) is 0 Å². The van der Waals surface area contributed by atoms with E-state index in [1.165, 1.54) is 11.1 Å². The first-order valence-corrected chi connectivity index (χ1v) is 13.8. The number of halogens is 6. The summed E-state index contributed by atoms with van der Waals surface area (Å²) in [5.74, 6) is -5.67. The molecule has 5 rings (SSSR count). The summed E-state index contributed by atoms with van der Waals surface area (Å²) in [6.45, 7) is 6.82. The minimum atomic E-state index is -5.08. The van der Waals surface area contributed by atoms with Crippen LogP contribution in [0.3, 0.4) is 0 Å². The van der Waals surface area contributed by atoms with Gasteiger partial charge in [0, 0.05) is 44.3 Å². The van der Waals surface area contributed by atoms with E-state index in [4.69, 9.17) is 24.4 Å². The number of hydrogen-bond acceptors (Lipinski definition) is 8. The van der Waals surface area contributed by atoms with Crippen molar-refractivity contribution in [3.05, 3.63) is 83.4 Å². The lowest BCUT2D eigenvalue weighted by molar-refractivity contribution is -0.193. The SMILES string of the molecule is CC1CN(Cc2cccc(-c3cccc(CNC(=O)c4ccc5nonc5c4)c3)c2)CCN1.O=C(O)C(F)(F)F.O=C(O)C(F)(F)F. The second-order valence-corrected chi connectivity index (χ2v) is 10.2. The summed E-state index contributed by atoms with van der Waals surface area (Å²) in [4.78, 5) is 32.9. The molecule has 1 fully saturated rings. The fraction of sp³-hybridized carbons (Fsp3) is 0.300. The highest BCUT2D eigenvalue weighted by molar-refractivity contribution is 5.97. The molecule has 1 amide bonds. The summed E-state index contributed by atoms with van der Waals surface area (Å²) < 4.78 is 68.2. The van der Waals surface area contributed by atoms with Crippen LogP contribution in [0.15, 0.2) is 71.4 Å². The lowest BCUT2D eigenvalue weighted by atomic mass is 10.0. The Labute approximate surface area is 263 Å². The molecular formula is C30H29F6N5O6. The van der Waals surface area contributed by atoms with Crippen LogP contribution in [0.4, 0.5) is 26.3 Å². The van der Waals surface area contributed by atoms with Crippen molar-refractivity contribution in [1.82, 2.24) is 25.8 Å². The standard InChI is InChI=1S/C26H27N5O2.2C2HF3O2/c1-18-16-31(11-10-27-18)17-20-5-3-7-22(13-20)21-6-2-4-19(12-21)15-28-26(32)23-8-9-24-25(14-23)30-33-29-24;2*3-2(4,5)1(6)7/h2-9,12-14,18,27H,10-11,15-17H2,1H3,(H,28,32);2*(H,6,7). The van der Waals surface area contributed by atoms with E-state index in [0.29, 0.717) is 29.2 Å². The molecule has 1 unspecified atom stereocenters. The lowest BCUT2D eigenvalue weighted by Gasteiger charge is -2.31. The highest BCUT2D eigenvalue weighted by Gasteiger charge is 2.38. The van der Waals surface area contributed by atoms with Crippen LogP contribution in [0.2, 0.25) is 0 Å². The Morgan fingerprint density at radius 2 is 1.43 bits per heavy atom. The first-order chi connectivity index (χ1) is 22.0. The number of carboxylic acids is 2. The number of amides is 1. The van der Waals surface area contributed by atoms with Crippen LogP contribution < -0.4 is 10.6 Å². The molecule has 17 heteroatoms. The highest BCUT2D eigenvalue weighted by Crippen LogP contribution is 2.23. The molecule has 3 aromatic carbocycles. The van der Waals surface area contributed by atoms with Crippen molar-refractivity contribution in [3.63, 3.8) is 0 Å². The highest BCUT2D eigenvalue weighted by atomic mass is 19.4. The zero-order valence-corrected chi connectivity index (χ0v) is 24.6. The van der Waals surface area contributed by atoms with E-state index >= 15 is 0 Å². The van der Waals surface area contributed by atoms with Crippen LogP contribution in [-0.2, 0) is 22.7 Å². The van der Waals surface area contributed by atoms with Crippen molar-refractivity contribution in [2.45, 2.75) is 38.4 Å². The van der Waals surface area contributed by atoms with Gasteiger partial charge in [0.05, 0.1) is 0 Å². The molecule has 2 heterocycles. The smallest absolute Gasteiger partial charge is 0.475 e. The minimum absolute atomic E-state index is 0.155. The number of rotatable bonds is 6. The third-order valence-electron chi connectivity index (χ3n) is 6.50. The molecule has 1 atom stereocenters. The maximum Gasteiger partial charge on any atom is 0.490 e. The third kappa shape index (κ3) is 11.7. The van der Waals surface area contributed by atoms with Crippen LogP contribution in [0.5, 0.6) is 0 Å². The van der Waals surface area contributed by atoms with Crippen LogP contribution in [0.1, 0.15) is 28.4 Å². The number of nitrogens with zero attached hydrogens (tertiary/aromatic N) is 3. The Bertz CT molecular complexity index is 1650. The molecule has 1 aliphatic rings. The Hall–Kier alpha value is -5.03. The molecule has 1 aromatic heterocycles.